The maximum atomic E-state index is 13.1. The van der Waals surface area contributed by atoms with Gasteiger partial charge in [0.1, 0.15) is 6.04 Å². The second-order valence-corrected chi connectivity index (χ2v) is 7.01. The average molecular weight is 358 g/mol. The first-order valence-electron chi connectivity index (χ1n) is 8.57. The molecular weight excluding hydrogens is 334 g/mol. The van der Waals surface area contributed by atoms with Crippen molar-refractivity contribution in [3.8, 4) is 0 Å². The summed E-state index contributed by atoms with van der Waals surface area (Å²) < 4.78 is 0. The molecule has 1 amide bonds. The predicted octanol–water partition coefficient (Wildman–Crippen LogP) is 3.29. The number of anilines is 1. The molecule has 0 bridgehead atoms. The summed E-state index contributed by atoms with van der Waals surface area (Å²) in [6.07, 6.45) is 0. The number of hydrogen-bond acceptors (Lipinski definition) is 3. The summed E-state index contributed by atoms with van der Waals surface area (Å²) in [6.45, 7) is 3.09. The van der Waals surface area contributed by atoms with Gasteiger partial charge < -0.3 is 9.80 Å². The molecule has 1 aliphatic heterocycles. The van der Waals surface area contributed by atoms with Crippen LogP contribution >= 0.6 is 11.6 Å². The fourth-order valence-electron chi connectivity index (χ4n) is 3.33. The molecule has 2 aromatic carbocycles. The number of likely N-dealkylation sites (N-methyl/N-ethyl adjacent to an activating group) is 1. The monoisotopic (exact) mass is 357 g/mol. The number of nitrogens with zero attached hydrogens (tertiary/aromatic N) is 3. The van der Waals surface area contributed by atoms with Crippen molar-refractivity contribution in [1.29, 1.82) is 0 Å². The first-order valence-corrected chi connectivity index (χ1v) is 8.95. The molecule has 2 aromatic rings. The van der Waals surface area contributed by atoms with E-state index in [9.17, 15) is 4.79 Å². The number of benzene rings is 2. The van der Waals surface area contributed by atoms with E-state index in [4.69, 9.17) is 11.6 Å². The zero-order valence-electron chi connectivity index (χ0n) is 14.7. The lowest BCUT2D eigenvalue weighted by atomic mass is 10.0. The molecule has 1 saturated heterocycles. The molecule has 1 heterocycles. The molecule has 3 rings (SSSR count). The summed E-state index contributed by atoms with van der Waals surface area (Å²) in [5.74, 6) is 0.168. The molecule has 5 heteroatoms. The minimum atomic E-state index is -0.237. The van der Waals surface area contributed by atoms with Gasteiger partial charge in [-0.3, -0.25) is 9.69 Å². The fraction of sp³-hybridized carbons (Fsp3) is 0.350. The van der Waals surface area contributed by atoms with E-state index >= 15 is 0 Å². The molecule has 0 radical (unpaired) electrons. The third-order valence-electron chi connectivity index (χ3n) is 4.63. The Morgan fingerprint density at radius 3 is 2.28 bits per heavy atom. The van der Waals surface area contributed by atoms with Gasteiger partial charge in [0.2, 0.25) is 5.91 Å². The molecule has 0 aromatic heterocycles. The zero-order valence-corrected chi connectivity index (χ0v) is 15.5. The van der Waals surface area contributed by atoms with Gasteiger partial charge in [0, 0.05) is 36.9 Å². The van der Waals surface area contributed by atoms with E-state index in [1.54, 1.807) is 0 Å². The Labute approximate surface area is 154 Å². The van der Waals surface area contributed by atoms with Crippen LogP contribution in [0.25, 0.3) is 0 Å². The Bertz CT molecular complexity index is 712. The highest BCUT2D eigenvalue weighted by Gasteiger charge is 2.30. The number of piperazine rings is 1. The van der Waals surface area contributed by atoms with Crippen molar-refractivity contribution in [2.75, 3.05) is 45.2 Å². The first-order chi connectivity index (χ1) is 12.1. The van der Waals surface area contributed by atoms with Gasteiger partial charge in [-0.1, -0.05) is 48.0 Å². The smallest absolute Gasteiger partial charge is 0.244 e. The summed E-state index contributed by atoms with van der Waals surface area (Å²) in [6, 6.07) is 17.6. The molecule has 4 nitrogen and oxygen atoms in total. The number of carbonyl (C=O) groups is 1. The van der Waals surface area contributed by atoms with E-state index in [1.807, 2.05) is 72.4 Å². The standard InChI is InChI=1S/C20H24ClN3O/c1-22(2)19(16-7-4-3-5-8-16)20(25)24-13-11-23(12-14-24)18-10-6-9-17(21)15-18/h3-10,15,19H,11-14H2,1-2H3. The maximum Gasteiger partial charge on any atom is 0.244 e. The molecule has 1 fully saturated rings. The third kappa shape index (κ3) is 4.14. The van der Waals surface area contributed by atoms with Crippen LogP contribution in [0.2, 0.25) is 5.02 Å². The molecule has 0 aliphatic carbocycles. The van der Waals surface area contributed by atoms with Gasteiger partial charge in [-0.05, 0) is 37.9 Å². The maximum absolute atomic E-state index is 13.1. The van der Waals surface area contributed by atoms with Gasteiger partial charge in [-0.15, -0.1) is 0 Å². The largest absolute Gasteiger partial charge is 0.368 e. The molecule has 132 valence electrons. The van der Waals surface area contributed by atoms with Crippen molar-refractivity contribution < 1.29 is 4.79 Å². The van der Waals surface area contributed by atoms with Gasteiger partial charge in [0.25, 0.3) is 0 Å². The number of amides is 1. The lowest BCUT2D eigenvalue weighted by molar-refractivity contribution is -0.136. The summed E-state index contributed by atoms with van der Waals surface area (Å²) in [5.41, 5.74) is 2.15. The molecule has 1 atom stereocenters. The highest BCUT2D eigenvalue weighted by Crippen LogP contribution is 2.24. The van der Waals surface area contributed by atoms with Crippen LogP contribution in [-0.2, 0) is 4.79 Å². The molecular formula is C20H24ClN3O. The van der Waals surface area contributed by atoms with Crippen LogP contribution in [0.15, 0.2) is 54.6 Å². The van der Waals surface area contributed by atoms with Crippen molar-refractivity contribution in [3.05, 3.63) is 65.2 Å². The van der Waals surface area contributed by atoms with Crippen molar-refractivity contribution in [2.24, 2.45) is 0 Å². The molecule has 1 aliphatic rings. The first kappa shape index (κ1) is 17.8. The average Bonchev–Trinajstić information content (AvgIpc) is 2.62. The predicted molar refractivity (Wildman–Crippen MR) is 103 cm³/mol. The summed E-state index contributed by atoms with van der Waals surface area (Å²) in [4.78, 5) is 19.3. The van der Waals surface area contributed by atoms with Crippen molar-refractivity contribution in [3.63, 3.8) is 0 Å². The van der Waals surface area contributed by atoms with E-state index in [2.05, 4.69) is 11.0 Å². The van der Waals surface area contributed by atoms with E-state index in [-0.39, 0.29) is 11.9 Å². The van der Waals surface area contributed by atoms with Crippen LogP contribution in [0.4, 0.5) is 5.69 Å². The second-order valence-electron chi connectivity index (χ2n) is 6.57. The molecule has 0 saturated carbocycles. The van der Waals surface area contributed by atoms with E-state index in [1.165, 1.54) is 0 Å². The van der Waals surface area contributed by atoms with Crippen LogP contribution < -0.4 is 4.90 Å². The lowest BCUT2D eigenvalue weighted by Gasteiger charge is -2.38. The number of carbonyl (C=O) groups excluding carboxylic acids is 1. The van der Waals surface area contributed by atoms with Gasteiger partial charge in [-0.2, -0.15) is 0 Å². The Kier molecular flexibility index (Phi) is 5.61. The van der Waals surface area contributed by atoms with E-state index in [0.29, 0.717) is 0 Å². The van der Waals surface area contributed by atoms with Gasteiger partial charge in [0.05, 0.1) is 0 Å². The topological polar surface area (TPSA) is 26.8 Å². The Morgan fingerprint density at radius 2 is 1.68 bits per heavy atom. The summed E-state index contributed by atoms with van der Waals surface area (Å²) in [7, 11) is 3.91. The quantitative estimate of drug-likeness (QED) is 0.840. The molecule has 0 spiro atoms. The minimum Gasteiger partial charge on any atom is -0.368 e. The van der Waals surface area contributed by atoms with Crippen LogP contribution in [0.1, 0.15) is 11.6 Å². The third-order valence-corrected chi connectivity index (χ3v) is 4.87. The SMILES string of the molecule is CN(C)C(C(=O)N1CCN(c2cccc(Cl)c2)CC1)c1ccccc1. The summed E-state index contributed by atoms with van der Waals surface area (Å²) in [5, 5.41) is 0.743. The number of hydrogen-bond donors (Lipinski definition) is 0. The van der Waals surface area contributed by atoms with Crippen LogP contribution in [0.5, 0.6) is 0 Å². The van der Waals surface area contributed by atoms with Crippen molar-refractivity contribution >= 4 is 23.2 Å². The second kappa shape index (κ2) is 7.89. The van der Waals surface area contributed by atoms with E-state index < -0.39 is 0 Å². The highest BCUT2D eigenvalue weighted by atomic mass is 35.5. The van der Waals surface area contributed by atoms with Crippen LogP contribution in [-0.4, -0.2) is 56.0 Å². The van der Waals surface area contributed by atoms with Crippen molar-refractivity contribution in [2.45, 2.75) is 6.04 Å². The minimum absolute atomic E-state index is 0.168. The summed E-state index contributed by atoms with van der Waals surface area (Å²) >= 11 is 6.09. The zero-order chi connectivity index (χ0) is 17.8. The van der Waals surface area contributed by atoms with Gasteiger partial charge >= 0.3 is 0 Å². The van der Waals surface area contributed by atoms with Gasteiger partial charge in [-0.25, -0.2) is 0 Å². The highest BCUT2D eigenvalue weighted by molar-refractivity contribution is 6.30. The van der Waals surface area contributed by atoms with Gasteiger partial charge in [0.15, 0.2) is 0 Å². The normalized spacial score (nSPS) is 16.2. The molecule has 0 N–H and O–H groups in total. The Balaban J connectivity index is 1.68. The van der Waals surface area contributed by atoms with Crippen LogP contribution in [0, 0.1) is 0 Å². The van der Waals surface area contributed by atoms with Crippen molar-refractivity contribution in [1.82, 2.24) is 9.80 Å². The lowest BCUT2D eigenvalue weighted by Crippen LogP contribution is -2.51. The fourth-order valence-corrected chi connectivity index (χ4v) is 3.51. The van der Waals surface area contributed by atoms with E-state index in [0.717, 1.165) is 42.5 Å². The molecule has 1 unspecified atom stereocenters. The Hall–Kier alpha value is -2.04. The number of rotatable bonds is 4. The molecule has 25 heavy (non-hydrogen) atoms. The number of halogens is 1. The Morgan fingerprint density at radius 1 is 1.00 bits per heavy atom. The van der Waals surface area contributed by atoms with Crippen LogP contribution in [0.3, 0.4) is 0 Å².